The molecular weight excluding hydrogens is 278 g/mol. The summed E-state index contributed by atoms with van der Waals surface area (Å²) >= 11 is 6.01. The molecule has 7 heteroatoms. The van der Waals surface area contributed by atoms with Crippen molar-refractivity contribution in [1.29, 1.82) is 0 Å². The van der Waals surface area contributed by atoms with Crippen LogP contribution in [-0.4, -0.2) is 37.8 Å². The average molecular weight is 290 g/mol. The van der Waals surface area contributed by atoms with Gasteiger partial charge in [-0.05, 0) is 12.8 Å². The smallest absolute Gasteiger partial charge is 0.179 e. The zero-order chi connectivity index (χ0) is 13.5. The first-order valence-corrected chi connectivity index (χ1v) is 6.94. The molecule has 102 valence electrons. The van der Waals surface area contributed by atoms with Crippen molar-refractivity contribution >= 4 is 28.3 Å². The largest absolute Gasteiger partial charge is 0.381 e. The first-order valence-electron chi connectivity index (χ1n) is 6.56. The van der Waals surface area contributed by atoms with Crippen molar-refractivity contribution in [1.82, 2.24) is 24.6 Å². The fraction of sp³-hybridized carbons (Fsp3) is 0.385. The van der Waals surface area contributed by atoms with E-state index in [9.17, 15) is 0 Å². The molecule has 1 fully saturated rings. The van der Waals surface area contributed by atoms with E-state index in [1.165, 1.54) is 0 Å². The summed E-state index contributed by atoms with van der Waals surface area (Å²) in [4.78, 5) is 8.41. The Balaban J connectivity index is 1.99. The molecule has 3 aromatic rings. The number of halogens is 1. The summed E-state index contributed by atoms with van der Waals surface area (Å²) in [6, 6.07) is 1.81. The van der Waals surface area contributed by atoms with Gasteiger partial charge in [-0.25, -0.2) is 9.97 Å². The van der Waals surface area contributed by atoms with Gasteiger partial charge in [-0.15, -0.1) is 10.2 Å². The van der Waals surface area contributed by atoms with E-state index in [0.29, 0.717) is 11.1 Å². The van der Waals surface area contributed by atoms with Gasteiger partial charge in [-0.3, -0.25) is 4.40 Å². The highest BCUT2D eigenvalue weighted by atomic mass is 35.5. The maximum Gasteiger partial charge on any atom is 0.179 e. The molecule has 1 aliphatic heterocycles. The molecule has 0 radical (unpaired) electrons. The number of hydrogen-bond donors (Lipinski definition) is 0. The average Bonchev–Trinajstić information content (AvgIpc) is 2.92. The van der Waals surface area contributed by atoms with Crippen LogP contribution in [0.4, 0.5) is 0 Å². The fourth-order valence-corrected chi connectivity index (χ4v) is 2.83. The first kappa shape index (κ1) is 12.0. The number of hydrogen-bond acceptors (Lipinski definition) is 5. The second-order valence-corrected chi connectivity index (χ2v) is 5.28. The third-order valence-electron chi connectivity index (χ3n) is 3.69. The molecule has 1 saturated heterocycles. The highest BCUT2D eigenvalue weighted by Gasteiger charge is 2.22. The molecule has 0 N–H and O–H groups in total. The van der Waals surface area contributed by atoms with Crippen LogP contribution in [-0.2, 0) is 4.74 Å². The summed E-state index contributed by atoms with van der Waals surface area (Å²) in [5.41, 5.74) is 2.42. The first-order chi connectivity index (χ1) is 9.83. The van der Waals surface area contributed by atoms with Crippen LogP contribution in [0.1, 0.15) is 24.6 Å². The summed E-state index contributed by atoms with van der Waals surface area (Å²) in [5.74, 6) is 1.31. The number of aromatic nitrogens is 5. The molecule has 1 aliphatic rings. The molecule has 0 saturated carbocycles. The lowest BCUT2D eigenvalue weighted by Crippen LogP contribution is -2.16. The minimum absolute atomic E-state index is 0.358. The van der Waals surface area contributed by atoms with E-state index in [1.807, 2.05) is 10.5 Å². The number of ether oxygens (including phenoxy) is 1. The predicted octanol–water partition coefficient (Wildman–Crippen LogP) is 2.22. The Morgan fingerprint density at radius 3 is 2.85 bits per heavy atom. The molecule has 0 unspecified atom stereocenters. The van der Waals surface area contributed by atoms with E-state index in [2.05, 4.69) is 20.2 Å². The van der Waals surface area contributed by atoms with Crippen molar-refractivity contribution in [2.45, 2.75) is 18.8 Å². The van der Waals surface area contributed by atoms with E-state index in [-0.39, 0.29) is 0 Å². The molecule has 0 aliphatic carbocycles. The van der Waals surface area contributed by atoms with Crippen LogP contribution in [0.3, 0.4) is 0 Å². The maximum absolute atomic E-state index is 6.01. The summed E-state index contributed by atoms with van der Waals surface area (Å²) in [6.45, 7) is 1.54. The molecule has 0 spiro atoms. The lowest BCUT2D eigenvalue weighted by molar-refractivity contribution is 0.0834. The number of pyridine rings is 1. The normalized spacial score (nSPS) is 17.1. The lowest BCUT2D eigenvalue weighted by atomic mass is 9.99. The van der Waals surface area contributed by atoms with E-state index in [1.54, 1.807) is 12.4 Å². The van der Waals surface area contributed by atoms with Crippen LogP contribution in [0.25, 0.3) is 16.7 Å². The van der Waals surface area contributed by atoms with Crippen LogP contribution in [0.5, 0.6) is 0 Å². The topological polar surface area (TPSA) is 65.2 Å². The molecule has 20 heavy (non-hydrogen) atoms. The van der Waals surface area contributed by atoms with Gasteiger partial charge in [0.2, 0.25) is 0 Å². The second kappa shape index (κ2) is 4.64. The molecule has 3 aromatic heterocycles. The third-order valence-corrected chi connectivity index (χ3v) is 3.89. The summed E-state index contributed by atoms with van der Waals surface area (Å²) < 4.78 is 7.45. The Morgan fingerprint density at radius 2 is 2.00 bits per heavy atom. The fourth-order valence-electron chi connectivity index (χ4n) is 2.68. The van der Waals surface area contributed by atoms with Crippen molar-refractivity contribution in [3.05, 3.63) is 29.4 Å². The highest BCUT2D eigenvalue weighted by Crippen LogP contribution is 2.28. The highest BCUT2D eigenvalue weighted by molar-refractivity contribution is 6.29. The number of rotatable bonds is 1. The summed E-state index contributed by atoms with van der Waals surface area (Å²) in [5, 5.41) is 9.02. The third kappa shape index (κ3) is 1.83. The van der Waals surface area contributed by atoms with Crippen molar-refractivity contribution in [3.63, 3.8) is 0 Å². The van der Waals surface area contributed by atoms with Crippen LogP contribution in [0.2, 0.25) is 5.15 Å². The van der Waals surface area contributed by atoms with Crippen LogP contribution in [0.15, 0.2) is 18.5 Å². The summed E-state index contributed by atoms with van der Waals surface area (Å²) in [6.07, 6.45) is 5.31. The van der Waals surface area contributed by atoms with Gasteiger partial charge in [0, 0.05) is 25.2 Å². The monoisotopic (exact) mass is 289 g/mol. The molecule has 0 amide bonds. The van der Waals surface area contributed by atoms with Crippen molar-refractivity contribution < 1.29 is 4.74 Å². The molecule has 0 bridgehead atoms. The molecule has 6 nitrogen and oxygen atoms in total. The van der Waals surface area contributed by atoms with Crippen molar-refractivity contribution in [2.24, 2.45) is 0 Å². The van der Waals surface area contributed by atoms with Gasteiger partial charge in [-0.2, -0.15) is 0 Å². The standard InChI is InChI=1S/C13H12ClN5O/c14-11-5-10-9(6-16-11)15-7-12-17-18-13(19(10)12)8-1-3-20-4-2-8/h5-8H,1-4H2. The molecule has 0 aromatic carbocycles. The van der Waals surface area contributed by atoms with E-state index in [4.69, 9.17) is 16.3 Å². The van der Waals surface area contributed by atoms with Crippen molar-refractivity contribution in [2.75, 3.05) is 13.2 Å². The van der Waals surface area contributed by atoms with E-state index >= 15 is 0 Å². The van der Waals surface area contributed by atoms with E-state index in [0.717, 1.165) is 48.6 Å². The minimum atomic E-state index is 0.358. The van der Waals surface area contributed by atoms with Gasteiger partial charge in [0.1, 0.15) is 16.5 Å². The Kier molecular flexibility index (Phi) is 2.78. The molecular formula is C13H12ClN5O. The SMILES string of the molecule is Clc1cc2c(cn1)ncc1nnc(C3CCOCC3)n12. The number of fused-ring (bicyclic) bond motifs is 3. The zero-order valence-electron chi connectivity index (χ0n) is 10.7. The van der Waals surface area contributed by atoms with Crippen LogP contribution in [0, 0.1) is 0 Å². The zero-order valence-corrected chi connectivity index (χ0v) is 11.4. The Morgan fingerprint density at radius 1 is 1.15 bits per heavy atom. The lowest BCUT2D eigenvalue weighted by Gasteiger charge is -2.20. The molecule has 4 heterocycles. The van der Waals surface area contributed by atoms with Gasteiger partial charge < -0.3 is 4.74 Å². The predicted molar refractivity (Wildman–Crippen MR) is 73.9 cm³/mol. The molecule has 4 rings (SSSR count). The van der Waals surface area contributed by atoms with Gasteiger partial charge in [0.05, 0.1) is 17.9 Å². The van der Waals surface area contributed by atoms with Gasteiger partial charge in [-0.1, -0.05) is 11.6 Å². The maximum atomic E-state index is 6.01. The Bertz CT molecular complexity index is 781. The molecule has 0 atom stereocenters. The second-order valence-electron chi connectivity index (χ2n) is 4.89. The van der Waals surface area contributed by atoms with Crippen LogP contribution < -0.4 is 0 Å². The Hall–Kier alpha value is -1.79. The van der Waals surface area contributed by atoms with Crippen LogP contribution >= 0.6 is 11.6 Å². The minimum Gasteiger partial charge on any atom is -0.381 e. The van der Waals surface area contributed by atoms with Gasteiger partial charge >= 0.3 is 0 Å². The Labute approximate surface area is 119 Å². The van der Waals surface area contributed by atoms with E-state index < -0.39 is 0 Å². The van der Waals surface area contributed by atoms with Gasteiger partial charge in [0.15, 0.2) is 5.65 Å². The quantitative estimate of drug-likeness (QED) is 0.643. The van der Waals surface area contributed by atoms with Crippen molar-refractivity contribution in [3.8, 4) is 0 Å². The summed E-state index contributed by atoms with van der Waals surface area (Å²) in [7, 11) is 0. The number of nitrogens with zero attached hydrogens (tertiary/aromatic N) is 5. The van der Waals surface area contributed by atoms with Gasteiger partial charge in [0.25, 0.3) is 0 Å².